The van der Waals surface area contributed by atoms with E-state index in [1.54, 1.807) is 0 Å². The van der Waals surface area contributed by atoms with Gasteiger partial charge in [0.2, 0.25) is 0 Å². The second kappa shape index (κ2) is 8.48. The molecule has 0 saturated carbocycles. The molecule has 10 nitrogen and oxygen atoms in total. The Morgan fingerprint density at radius 3 is 2.43 bits per heavy atom. The second-order valence-corrected chi connectivity index (χ2v) is 5.34. The number of hydrogen-bond acceptors (Lipinski definition) is 7. The van der Waals surface area contributed by atoms with Crippen molar-refractivity contribution >= 4 is 17.5 Å². The van der Waals surface area contributed by atoms with Gasteiger partial charge >= 0.3 is 0 Å². The average molecular weight is 344 g/mol. The van der Waals surface area contributed by atoms with Gasteiger partial charge in [0.1, 0.15) is 0 Å². The lowest BCUT2D eigenvalue weighted by molar-refractivity contribution is -0.742. The van der Waals surface area contributed by atoms with Gasteiger partial charge in [-0.05, 0) is 26.3 Å². The topological polar surface area (TPSA) is 130 Å². The van der Waals surface area contributed by atoms with Crippen molar-refractivity contribution < 1.29 is 10.3 Å². The van der Waals surface area contributed by atoms with E-state index >= 15 is 0 Å². The molecule has 2 rings (SSSR count). The lowest BCUT2D eigenvalue weighted by atomic mass is 10.2. The van der Waals surface area contributed by atoms with E-state index in [1.807, 2.05) is 13.2 Å². The Kier molecular flexibility index (Phi) is 6.97. The molecule has 0 aliphatic rings. The van der Waals surface area contributed by atoms with Crippen LogP contribution in [0.2, 0.25) is 0 Å². The van der Waals surface area contributed by atoms with Gasteiger partial charge in [-0.3, -0.25) is 14.8 Å². The number of thioether (sulfide) groups is 1. The molecule has 0 radical (unpaired) electrons. The van der Waals surface area contributed by atoms with Crippen molar-refractivity contribution in [1.29, 1.82) is 0 Å². The number of hydrogen-bond donors (Lipinski definition) is 2. The molecule has 0 atom stereocenters. The van der Waals surface area contributed by atoms with E-state index in [2.05, 4.69) is 33.8 Å². The summed E-state index contributed by atoms with van der Waals surface area (Å²) >= 11 is 1.46. The first-order valence-corrected chi connectivity index (χ1v) is 8.14. The van der Waals surface area contributed by atoms with Crippen LogP contribution in [0.3, 0.4) is 0 Å². The summed E-state index contributed by atoms with van der Waals surface area (Å²) in [7, 11) is 0. The van der Waals surface area contributed by atoms with Crippen LogP contribution in [0.15, 0.2) is 9.95 Å². The summed E-state index contributed by atoms with van der Waals surface area (Å²) in [6.07, 6.45) is 1.91. The molecule has 0 spiro atoms. The lowest BCUT2D eigenvalue weighted by Crippen LogP contribution is -2.30. The summed E-state index contributed by atoms with van der Waals surface area (Å²) in [6, 6.07) is 0. The number of nitrogens with zero attached hydrogens (tertiary/aromatic N) is 5. The molecule has 0 aliphatic heterocycles. The van der Waals surface area contributed by atoms with Crippen molar-refractivity contribution in [3.8, 4) is 0 Å². The van der Waals surface area contributed by atoms with Crippen LogP contribution in [0.1, 0.15) is 25.1 Å². The highest BCUT2D eigenvalue weighted by atomic mass is 32.2. The second-order valence-electron chi connectivity index (χ2n) is 4.55. The average Bonchev–Trinajstić information content (AvgIpc) is 2.90. The van der Waals surface area contributed by atoms with Crippen LogP contribution in [-0.2, 0) is 6.54 Å². The standard InChI is InChI=1S/C12H19N5OS.HNO3/c1-5-16(6-2)7-9-8(3)13-11-14-12(19-4)15-17(11)10(9)18;2-1(3)4/h5-7H2,1-4H3,(H,13,14,15);(H,2,3,4). The Morgan fingerprint density at radius 2 is 1.96 bits per heavy atom. The van der Waals surface area contributed by atoms with E-state index in [0.717, 1.165) is 24.3 Å². The van der Waals surface area contributed by atoms with Gasteiger partial charge in [0, 0.05) is 6.54 Å². The van der Waals surface area contributed by atoms with Crippen molar-refractivity contribution in [3.63, 3.8) is 0 Å². The molecule has 0 fully saturated rings. The van der Waals surface area contributed by atoms with Crippen molar-refractivity contribution in [1.82, 2.24) is 24.5 Å². The zero-order valence-electron chi connectivity index (χ0n) is 13.4. The number of aromatic amines is 1. The smallest absolute Gasteiger partial charge is 0.291 e. The first-order valence-electron chi connectivity index (χ1n) is 6.91. The molecule has 0 amide bonds. The van der Waals surface area contributed by atoms with E-state index in [4.69, 9.17) is 15.3 Å². The molecular weight excluding hydrogens is 324 g/mol. The molecule has 128 valence electrons. The molecule has 11 heteroatoms. The van der Waals surface area contributed by atoms with Crippen LogP contribution in [0.4, 0.5) is 0 Å². The van der Waals surface area contributed by atoms with Gasteiger partial charge in [-0.15, -0.1) is 10.1 Å². The monoisotopic (exact) mass is 344 g/mol. The van der Waals surface area contributed by atoms with E-state index in [0.29, 0.717) is 17.5 Å². The zero-order chi connectivity index (χ0) is 17.6. The Morgan fingerprint density at radius 1 is 1.39 bits per heavy atom. The van der Waals surface area contributed by atoms with Crippen LogP contribution < -0.4 is 5.56 Å². The molecule has 0 bridgehead atoms. The van der Waals surface area contributed by atoms with Gasteiger partial charge in [-0.1, -0.05) is 25.6 Å². The van der Waals surface area contributed by atoms with Crippen LogP contribution in [0.5, 0.6) is 0 Å². The third kappa shape index (κ3) is 4.93. The van der Waals surface area contributed by atoms with Gasteiger partial charge in [-0.25, -0.2) is 4.98 Å². The minimum atomic E-state index is -1.50. The van der Waals surface area contributed by atoms with E-state index in [9.17, 15) is 4.79 Å². The minimum absolute atomic E-state index is 0.0535. The van der Waals surface area contributed by atoms with E-state index in [-0.39, 0.29) is 5.56 Å². The van der Waals surface area contributed by atoms with Crippen molar-refractivity contribution in [2.75, 3.05) is 19.3 Å². The van der Waals surface area contributed by atoms with Crippen LogP contribution in [-0.4, -0.2) is 54.1 Å². The summed E-state index contributed by atoms with van der Waals surface area (Å²) in [5.41, 5.74) is 1.44. The lowest BCUT2D eigenvalue weighted by Gasteiger charge is -2.18. The van der Waals surface area contributed by atoms with Gasteiger partial charge in [0.25, 0.3) is 16.4 Å². The van der Waals surface area contributed by atoms with E-state index < -0.39 is 5.09 Å². The van der Waals surface area contributed by atoms with Crippen LogP contribution >= 0.6 is 11.8 Å². The number of aryl methyl sites for hydroxylation is 1. The maximum Gasteiger partial charge on any atom is 0.291 e. The predicted molar refractivity (Wildman–Crippen MR) is 85.5 cm³/mol. The third-order valence-corrected chi connectivity index (χ3v) is 3.81. The highest BCUT2D eigenvalue weighted by molar-refractivity contribution is 7.98. The highest BCUT2D eigenvalue weighted by Gasteiger charge is 2.14. The number of rotatable bonds is 5. The van der Waals surface area contributed by atoms with Gasteiger partial charge in [0.05, 0.1) is 11.3 Å². The third-order valence-electron chi connectivity index (χ3n) is 3.24. The first kappa shape index (κ1) is 18.9. The SMILES string of the molecule is CCN(CC)Cc1c(C)nc2nc(SC)[nH]n2c1=O.O=[N+]([O-])O. The fourth-order valence-corrected chi connectivity index (χ4v) is 2.33. The van der Waals surface area contributed by atoms with Gasteiger partial charge in [0.15, 0.2) is 5.16 Å². The summed E-state index contributed by atoms with van der Waals surface area (Å²) < 4.78 is 1.43. The summed E-state index contributed by atoms with van der Waals surface area (Å²) in [5.74, 6) is 0.440. The van der Waals surface area contributed by atoms with Crippen molar-refractivity contribution in [2.45, 2.75) is 32.5 Å². The highest BCUT2D eigenvalue weighted by Crippen LogP contribution is 2.10. The fourth-order valence-electron chi connectivity index (χ4n) is 1.98. The maximum absolute atomic E-state index is 12.5. The number of aromatic nitrogens is 4. The van der Waals surface area contributed by atoms with Gasteiger partial charge in [-0.2, -0.15) is 9.50 Å². The molecule has 0 aromatic carbocycles. The molecule has 2 heterocycles. The Hall–Kier alpha value is -2.14. The first-order chi connectivity index (χ1) is 10.8. The van der Waals surface area contributed by atoms with Crippen molar-refractivity contribution in [2.24, 2.45) is 0 Å². The van der Waals surface area contributed by atoms with Crippen LogP contribution in [0, 0.1) is 17.0 Å². The zero-order valence-corrected chi connectivity index (χ0v) is 14.3. The maximum atomic E-state index is 12.5. The molecular formula is C12H20N6O4S. The molecule has 2 aromatic rings. The Labute approximate surface area is 136 Å². The number of fused-ring (bicyclic) bond motifs is 1. The normalized spacial score (nSPS) is 10.7. The Balaban J connectivity index is 0.000000593. The van der Waals surface area contributed by atoms with E-state index in [1.165, 1.54) is 16.3 Å². The van der Waals surface area contributed by atoms with Crippen LogP contribution in [0.25, 0.3) is 5.78 Å². The molecule has 2 aromatic heterocycles. The quantitative estimate of drug-likeness (QED) is 0.466. The van der Waals surface area contributed by atoms with Gasteiger partial charge < -0.3 is 5.21 Å². The summed E-state index contributed by atoms with van der Waals surface area (Å²) in [5, 5.41) is 17.3. The number of nitrogens with one attached hydrogen (secondary N) is 1. The number of H-pyrrole nitrogens is 1. The molecule has 0 saturated heterocycles. The fraction of sp³-hybridized carbons (Fsp3) is 0.583. The Bertz CT molecular complexity index is 720. The molecule has 23 heavy (non-hydrogen) atoms. The molecule has 0 unspecified atom stereocenters. The predicted octanol–water partition coefficient (Wildman–Crippen LogP) is 0.942. The molecule has 0 aliphatic carbocycles. The summed E-state index contributed by atoms with van der Waals surface area (Å²) in [4.78, 5) is 31.7. The summed E-state index contributed by atoms with van der Waals surface area (Å²) in [6.45, 7) is 8.50. The minimum Gasteiger partial charge on any atom is -0.328 e. The molecule has 2 N–H and O–H groups in total. The largest absolute Gasteiger partial charge is 0.328 e. The van der Waals surface area contributed by atoms with Crippen molar-refractivity contribution in [3.05, 3.63) is 31.7 Å².